The first-order valence-electron chi connectivity index (χ1n) is 21.5. The van der Waals surface area contributed by atoms with Crippen molar-refractivity contribution in [3.63, 3.8) is 0 Å². The minimum Gasteiger partial charge on any atom is -0.468 e. The number of nitrogens with zero attached hydrogens (tertiary/aromatic N) is 2. The Labute approximate surface area is 328 Å². The maximum absolute atomic E-state index is 12.6. The van der Waals surface area contributed by atoms with Crippen LogP contribution >= 0.6 is 0 Å². The van der Waals surface area contributed by atoms with E-state index in [2.05, 4.69) is 76.6 Å². The number of rotatable bonds is 8. The molecule has 0 radical (unpaired) electrons. The van der Waals surface area contributed by atoms with Crippen molar-refractivity contribution in [1.29, 1.82) is 5.26 Å². The van der Waals surface area contributed by atoms with Crippen LogP contribution in [0.3, 0.4) is 0 Å². The van der Waals surface area contributed by atoms with E-state index in [4.69, 9.17) is 4.74 Å². The van der Waals surface area contributed by atoms with E-state index in [0.29, 0.717) is 42.4 Å². The predicted molar refractivity (Wildman–Crippen MR) is 217 cm³/mol. The highest BCUT2D eigenvalue weighted by Gasteiger charge is 2.70. The molecule has 300 valence electrons. The predicted octanol–water partition coefficient (Wildman–Crippen LogP) is 8.82. The zero-order valence-corrected chi connectivity index (χ0v) is 35.8. The lowest BCUT2D eigenvalue weighted by atomic mass is 9.33. The van der Waals surface area contributed by atoms with Crippen LogP contribution < -0.4 is 5.32 Å². The minimum absolute atomic E-state index is 0.0258. The van der Waals surface area contributed by atoms with E-state index in [1.807, 2.05) is 0 Å². The number of piperidine rings is 1. The molecule has 7 nitrogen and oxygen atoms in total. The summed E-state index contributed by atoms with van der Waals surface area (Å²) in [5.74, 6) is 2.74. The Bertz CT molecular complexity index is 1730. The third-order valence-corrected chi connectivity index (χ3v) is 20.0. The molecule has 0 aromatic carbocycles. The summed E-state index contributed by atoms with van der Waals surface area (Å²) in [7, 11) is -1.56. The molecule has 8 heteroatoms. The van der Waals surface area contributed by atoms with Crippen molar-refractivity contribution in [1.82, 2.24) is 10.2 Å². The first-order valence-corrected chi connectivity index (χ1v) is 23.5. The summed E-state index contributed by atoms with van der Waals surface area (Å²) in [6.07, 6.45) is 20.7. The number of carbonyl (C=O) groups excluding carboxylic acids is 1. The quantitative estimate of drug-likeness (QED) is 0.195. The van der Waals surface area contributed by atoms with Crippen LogP contribution in [-0.4, -0.2) is 69.6 Å². The van der Waals surface area contributed by atoms with Gasteiger partial charge in [0.25, 0.3) is 0 Å². The van der Waals surface area contributed by atoms with Gasteiger partial charge in [-0.3, -0.25) is 4.79 Å². The molecule has 0 amide bonds. The molecule has 7 aliphatic rings. The standard InChI is InChI=1S/C46H71N3O4S/c1-31(2)34-14-23-46(48-26-29-49-27-17-33(18-28-49)54(9,51)52)25-24-43(6)36(39(34)46)10-11-38-42(5)19-15-35(41(3,4)37(42)16-20-44(38,43)7)32-12-21-45(30-47,22-13-32)40(50)53-8/h12,15,33-34,36-39,48H,1,10-11,13-14,16-29H2,2-9H3/t34-,36+,37-,38+,39+,42-,43+,44+,45?,46-/m0/s1. The lowest BCUT2D eigenvalue weighted by molar-refractivity contribution is -0.221. The molecule has 7 rings (SSSR count). The van der Waals surface area contributed by atoms with Crippen molar-refractivity contribution in [2.45, 2.75) is 142 Å². The van der Waals surface area contributed by atoms with E-state index in [1.54, 1.807) is 0 Å². The van der Waals surface area contributed by atoms with Crippen LogP contribution in [0.4, 0.5) is 0 Å². The third kappa shape index (κ3) is 6.05. The number of nitriles is 1. The van der Waals surface area contributed by atoms with Gasteiger partial charge in [0.15, 0.2) is 5.41 Å². The van der Waals surface area contributed by atoms with Crippen LogP contribution in [-0.2, 0) is 19.4 Å². The van der Waals surface area contributed by atoms with Crippen molar-refractivity contribution in [3.8, 4) is 6.07 Å². The highest BCUT2D eigenvalue weighted by atomic mass is 32.2. The van der Waals surface area contributed by atoms with Crippen LogP contribution in [0.2, 0.25) is 0 Å². The molecule has 0 bridgehead atoms. The van der Waals surface area contributed by atoms with Gasteiger partial charge in [0.2, 0.25) is 0 Å². The first-order chi connectivity index (χ1) is 25.3. The number of carbonyl (C=O) groups is 1. The second-order valence-corrected chi connectivity index (χ2v) is 23.1. The fraction of sp³-hybridized carbons (Fsp3) is 0.826. The van der Waals surface area contributed by atoms with E-state index in [0.717, 1.165) is 51.9 Å². The number of ether oxygens (including phenoxy) is 1. The molecule has 54 heavy (non-hydrogen) atoms. The van der Waals surface area contributed by atoms with Crippen LogP contribution in [0, 0.1) is 68.0 Å². The zero-order chi connectivity index (χ0) is 39.1. The molecule has 1 unspecified atom stereocenters. The van der Waals surface area contributed by atoms with Gasteiger partial charge in [-0.1, -0.05) is 58.9 Å². The molecule has 0 aromatic heterocycles. The highest BCUT2D eigenvalue weighted by molar-refractivity contribution is 7.91. The van der Waals surface area contributed by atoms with Gasteiger partial charge in [0, 0.05) is 24.9 Å². The highest BCUT2D eigenvalue weighted by Crippen LogP contribution is 2.76. The van der Waals surface area contributed by atoms with Gasteiger partial charge in [-0.15, -0.1) is 0 Å². The van der Waals surface area contributed by atoms with E-state index in [1.165, 1.54) is 81.5 Å². The van der Waals surface area contributed by atoms with Gasteiger partial charge >= 0.3 is 5.97 Å². The lowest BCUT2D eigenvalue weighted by Gasteiger charge is -2.72. The second kappa shape index (κ2) is 13.9. The van der Waals surface area contributed by atoms with Crippen molar-refractivity contribution in [3.05, 3.63) is 35.5 Å². The fourth-order valence-corrected chi connectivity index (χ4v) is 16.3. The Morgan fingerprint density at radius 3 is 2.28 bits per heavy atom. The Morgan fingerprint density at radius 1 is 0.944 bits per heavy atom. The summed E-state index contributed by atoms with van der Waals surface area (Å²) in [6.45, 7) is 23.7. The number of hydrogen-bond donors (Lipinski definition) is 1. The van der Waals surface area contributed by atoms with Crippen LogP contribution in [0.1, 0.15) is 131 Å². The molecule has 6 aliphatic carbocycles. The Morgan fingerprint density at radius 2 is 1.67 bits per heavy atom. The number of sulfone groups is 1. The van der Waals surface area contributed by atoms with Gasteiger partial charge in [-0.05, 0) is 172 Å². The maximum atomic E-state index is 12.6. The normalized spacial score (nSPS) is 43.6. The van der Waals surface area contributed by atoms with Crippen molar-refractivity contribution >= 4 is 15.8 Å². The number of allylic oxidation sites excluding steroid dienone is 5. The molecule has 1 aliphatic heterocycles. The van der Waals surface area contributed by atoms with Gasteiger partial charge in [-0.2, -0.15) is 5.26 Å². The first kappa shape index (κ1) is 40.3. The average Bonchev–Trinajstić information content (AvgIpc) is 3.51. The van der Waals surface area contributed by atoms with E-state index >= 15 is 0 Å². The van der Waals surface area contributed by atoms with Gasteiger partial charge in [0.1, 0.15) is 9.84 Å². The van der Waals surface area contributed by atoms with Crippen molar-refractivity contribution in [2.24, 2.45) is 56.7 Å². The second-order valence-electron chi connectivity index (χ2n) is 20.8. The SMILES string of the molecule is C=C(C)[C@@H]1CC[C@]2(NCCN3CCC(S(C)(=O)=O)CC3)CC[C@]3(C)[C@H](CC[C@@H]4[C@@]5(C)CC=C(C6=CCC(C#N)(C(=O)OC)CC6)C(C)(C)[C@@H]5CC[C@]43C)[C@@H]12. The van der Waals surface area contributed by atoms with E-state index < -0.39 is 21.2 Å². The number of likely N-dealkylation sites (tertiary alicyclic amines) is 1. The molecule has 10 atom stereocenters. The molecule has 0 spiro atoms. The lowest BCUT2D eigenvalue weighted by Crippen LogP contribution is -2.68. The fourth-order valence-electron chi connectivity index (χ4n) is 15.3. The van der Waals surface area contributed by atoms with Crippen LogP contribution in [0.25, 0.3) is 0 Å². The van der Waals surface area contributed by atoms with Gasteiger partial charge in [-0.25, -0.2) is 8.42 Å². The Kier molecular flexibility index (Phi) is 10.3. The zero-order valence-electron chi connectivity index (χ0n) is 35.0. The number of esters is 1. The molecule has 1 N–H and O–H groups in total. The summed E-state index contributed by atoms with van der Waals surface area (Å²) in [5, 5.41) is 14.1. The molecule has 1 saturated heterocycles. The molecular weight excluding hydrogens is 691 g/mol. The number of nitrogens with one attached hydrogen (secondary N) is 1. The topological polar surface area (TPSA) is 99.5 Å². The maximum Gasteiger partial charge on any atom is 0.326 e. The summed E-state index contributed by atoms with van der Waals surface area (Å²) in [5.41, 5.74) is 4.11. The molecule has 4 saturated carbocycles. The monoisotopic (exact) mass is 762 g/mol. The summed E-state index contributed by atoms with van der Waals surface area (Å²) in [4.78, 5) is 15.1. The smallest absolute Gasteiger partial charge is 0.326 e. The van der Waals surface area contributed by atoms with E-state index in [9.17, 15) is 18.5 Å². The summed E-state index contributed by atoms with van der Waals surface area (Å²) < 4.78 is 29.4. The van der Waals surface area contributed by atoms with Gasteiger partial charge < -0.3 is 15.0 Å². The van der Waals surface area contributed by atoms with Crippen molar-refractivity contribution < 1.29 is 17.9 Å². The third-order valence-electron chi connectivity index (χ3n) is 18.3. The largest absolute Gasteiger partial charge is 0.468 e. The summed E-state index contributed by atoms with van der Waals surface area (Å²) >= 11 is 0. The average molecular weight is 762 g/mol. The Hall–Kier alpha value is -1.95. The number of methoxy groups -OCH3 is 1. The van der Waals surface area contributed by atoms with E-state index in [-0.39, 0.29) is 32.4 Å². The molecule has 0 aromatic rings. The van der Waals surface area contributed by atoms with Crippen LogP contribution in [0.15, 0.2) is 35.5 Å². The summed E-state index contributed by atoms with van der Waals surface area (Å²) in [6, 6.07) is 2.31. The Balaban J connectivity index is 1.11. The number of hydrogen-bond acceptors (Lipinski definition) is 7. The van der Waals surface area contributed by atoms with Crippen LogP contribution in [0.5, 0.6) is 0 Å². The van der Waals surface area contributed by atoms with Gasteiger partial charge in [0.05, 0.1) is 18.4 Å². The number of fused-ring (bicyclic) bond motifs is 7. The molecule has 1 heterocycles. The van der Waals surface area contributed by atoms with Crippen molar-refractivity contribution in [2.75, 3.05) is 39.5 Å². The molecular formula is C46H71N3O4S. The minimum atomic E-state index is -2.95. The molecule has 5 fully saturated rings.